The number of methoxy groups -OCH3 is 2. The molecule has 0 radical (unpaired) electrons. The van der Waals surface area contributed by atoms with Crippen molar-refractivity contribution >= 4 is 46.6 Å². The lowest BCUT2D eigenvalue weighted by atomic mass is 10.1. The number of anilines is 2. The number of hydrogen-bond donors (Lipinski definition) is 2. The van der Waals surface area contributed by atoms with Crippen LogP contribution in [-0.2, 0) is 4.79 Å². The summed E-state index contributed by atoms with van der Waals surface area (Å²) in [6.45, 7) is 0. The number of ether oxygens (including phenoxy) is 2. The lowest BCUT2D eigenvalue weighted by Crippen LogP contribution is -2.19. The minimum Gasteiger partial charge on any atom is -0.493 e. The van der Waals surface area contributed by atoms with E-state index < -0.39 is 11.1 Å². The number of carbonyl (C=O) groups is 2. The second kappa shape index (κ2) is 12.5. The van der Waals surface area contributed by atoms with Gasteiger partial charge in [0.05, 0.1) is 19.2 Å². The smallest absolute Gasteiger partial charge is 0.255 e. The number of thioether (sulfide) groups is 1. The van der Waals surface area contributed by atoms with Crippen LogP contribution < -0.4 is 20.1 Å². The molecular formula is C29H24ClFN2O4S. The molecule has 0 spiro atoms. The Kier molecular flexibility index (Phi) is 8.89. The normalized spacial score (nSPS) is 11.4. The van der Waals surface area contributed by atoms with Crippen LogP contribution in [0, 0.1) is 5.82 Å². The van der Waals surface area contributed by atoms with Gasteiger partial charge in [0.15, 0.2) is 11.5 Å². The van der Waals surface area contributed by atoms with Gasteiger partial charge in [-0.05, 0) is 60.2 Å². The fraction of sp³-hybridized carbons (Fsp3) is 0.103. The molecule has 0 aliphatic rings. The fourth-order valence-corrected chi connectivity index (χ4v) is 4.91. The average Bonchev–Trinajstić information content (AvgIpc) is 2.94. The maximum atomic E-state index is 13.6. The third kappa shape index (κ3) is 6.65. The summed E-state index contributed by atoms with van der Waals surface area (Å²) in [6, 6.07) is 25.4. The molecule has 38 heavy (non-hydrogen) atoms. The molecule has 1 unspecified atom stereocenters. The van der Waals surface area contributed by atoms with Crippen LogP contribution in [0.4, 0.5) is 15.8 Å². The molecular weight excluding hydrogens is 527 g/mol. The topological polar surface area (TPSA) is 76.7 Å². The van der Waals surface area contributed by atoms with Crippen molar-refractivity contribution in [2.24, 2.45) is 0 Å². The van der Waals surface area contributed by atoms with Crippen molar-refractivity contribution in [1.82, 2.24) is 0 Å². The molecule has 4 rings (SSSR count). The van der Waals surface area contributed by atoms with Crippen molar-refractivity contribution in [3.63, 3.8) is 0 Å². The van der Waals surface area contributed by atoms with Crippen LogP contribution in [0.2, 0.25) is 5.02 Å². The number of rotatable bonds is 9. The van der Waals surface area contributed by atoms with Gasteiger partial charge in [0, 0.05) is 21.8 Å². The van der Waals surface area contributed by atoms with Crippen molar-refractivity contribution in [2.45, 2.75) is 10.1 Å². The van der Waals surface area contributed by atoms with Gasteiger partial charge in [0.2, 0.25) is 5.91 Å². The molecule has 0 aliphatic heterocycles. The largest absolute Gasteiger partial charge is 0.493 e. The number of halogens is 2. The summed E-state index contributed by atoms with van der Waals surface area (Å²) < 4.78 is 24.1. The first-order valence-electron chi connectivity index (χ1n) is 11.5. The van der Waals surface area contributed by atoms with Crippen LogP contribution in [0.15, 0.2) is 95.9 Å². The van der Waals surface area contributed by atoms with E-state index in [0.29, 0.717) is 28.4 Å². The highest BCUT2D eigenvalue weighted by atomic mass is 35.5. The monoisotopic (exact) mass is 550 g/mol. The predicted octanol–water partition coefficient (Wildman–Crippen LogP) is 7.22. The molecule has 2 N–H and O–H groups in total. The van der Waals surface area contributed by atoms with E-state index in [2.05, 4.69) is 10.6 Å². The minimum absolute atomic E-state index is 0.0790. The maximum Gasteiger partial charge on any atom is 0.255 e. The van der Waals surface area contributed by atoms with Gasteiger partial charge in [-0.15, -0.1) is 11.8 Å². The molecule has 0 saturated heterocycles. The molecule has 9 heteroatoms. The summed E-state index contributed by atoms with van der Waals surface area (Å²) in [6.07, 6.45) is 0. The van der Waals surface area contributed by atoms with Gasteiger partial charge in [-0.3, -0.25) is 9.59 Å². The molecule has 0 aromatic heterocycles. The van der Waals surface area contributed by atoms with Crippen molar-refractivity contribution in [1.29, 1.82) is 0 Å². The summed E-state index contributed by atoms with van der Waals surface area (Å²) in [4.78, 5) is 27.0. The van der Waals surface area contributed by atoms with Gasteiger partial charge < -0.3 is 20.1 Å². The van der Waals surface area contributed by atoms with Crippen LogP contribution in [0.3, 0.4) is 0 Å². The zero-order valence-corrected chi connectivity index (χ0v) is 22.1. The van der Waals surface area contributed by atoms with Crippen LogP contribution in [0.5, 0.6) is 11.5 Å². The van der Waals surface area contributed by atoms with E-state index in [9.17, 15) is 14.0 Å². The molecule has 6 nitrogen and oxygen atoms in total. The third-order valence-corrected chi connectivity index (χ3v) is 7.06. The first-order valence-corrected chi connectivity index (χ1v) is 12.7. The minimum atomic E-state index is -0.628. The van der Waals surface area contributed by atoms with Crippen LogP contribution >= 0.6 is 23.4 Å². The van der Waals surface area contributed by atoms with E-state index in [1.54, 1.807) is 36.4 Å². The van der Waals surface area contributed by atoms with Crippen LogP contribution in [0.1, 0.15) is 21.2 Å². The number of carbonyl (C=O) groups excluding carboxylic acids is 2. The van der Waals surface area contributed by atoms with E-state index in [1.165, 1.54) is 44.2 Å². The van der Waals surface area contributed by atoms with E-state index in [-0.39, 0.29) is 16.8 Å². The lowest BCUT2D eigenvalue weighted by Gasteiger charge is -2.18. The Balaban J connectivity index is 1.54. The molecule has 194 valence electrons. The molecule has 0 aliphatic carbocycles. The van der Waals surface area contributed by atoms with Crippen molar-refractivity contribution in [3.05, 3.63) is 113 Å². The first kappa shape index (κ1) is 27.0. The summed E-state index contributed by atoms with van der Waals surface area (Å²) in [5.74, 6) is -0.216. The Morgan fingerprint density at radius 2 is 1.55 bits per heavy atom. The van der Waals surface area contributed by atoms with Gasteiger partial charge in [0.1, 0.15) is 11.1 Å². The summed E-state index contributed by atoms with van der Waals surface area (Å²) in [5, 5.41) is 4.99. The molecule has 0 heterocycles. The zero-order valence-electron chi connectivity index (χ0n) is 20.5. The highest BCUT2D eigenvalue weighted by Crippen LogP contribution is 2.37. The summed E-state index contributed by atoms with van der Waals surface area (Å²) in [7, 11) is 3.03. The predicted molar refractivity (Wildman–Crippen MR) is 149 cm³/mol. The summed E-state index contributed by atoms with van der Waals surface area (Å²) in [5.41, 5.74) is 2.13. The van der Waals surface area contributed by atoms with E-state index >= 15 is 0 Å². The molecule has 2 amide bonds. The SMILES string of the molecule is COc1ccc(C(=O)Nc2cccc(SC(C(=O)Nc3ccc(F)c(Cl)c3)c3ccccc3)c2)cc1OC. The molecule has 4 aromatic carbocycles. The Bertz CT molecular complexity index is 1450. The van der Waals surface area contributed by atoms with Gasteiger partial charge in [-0.1, -0.05) is 48.0 Å². The first-order chi connectivity index (χ1) is 18.4. The van der Waals surface area contributed by atoms with Gasteiger partial charge >= 0.3 is 0 Å². The summed E-state index contributed by atoms with van der Waals surface area (Å²) >= 11 is 7.20. The molecule has 4 aromatic rings. The molecule has 0 fully saturated rings. The highest BCUT2D eigenvalue weighted by Gasteiger charge is 2.23. The fourth-order valence-electron chi connectivity index (χ4n) is 3.65. The highest BCUT2D eigenvalue weighted by molar-refractivity contribution is 8.00. The van der Waals surface area contributed by atoms with Gasteiger partial charge in [-0.2, -0.15) is 0 Å². The number of hydrogen-bond acceptors (Lipinski definition) is 5. The third-order valence-electron chi connectivity index (χ3n) is 5.52. The standard InChI is InChI=1S/C29H24ClFN2O4S/c1-36-25-14-11-19(15-26(25)37-2)28(34)32-20-9-6-10-22(16-20)38-27(18-7-4-3-5-8-18)29(35)33-21-12-13-24(31)23(30)17-21/h3-17,27H,1-2H3,(H,32,34)(H,33,35). The van der Waals surface area contributed by atoms with Gasteiger partial charge in [0.25, 0.3) is 5.91 Å². The second-order valence-electron chi connectivity index (χ2n) is 8.08. The number of nitrogens with one attached hydrogen (secondary N) is 2. The Morgan fingerprint density at radius 1 is 0.816 bits per heavy atom. The van der Waals surface area contributed by atoms with Crippen molar-refractivity contribution < 1.29 is 23.5 Å². The number of amides is 2. The molecule has 0 saturated carbocycles. The Morgan fingerprint density at radius 3 is 2.26 bits per heavy atom. The van der Waals surface area contributed by atoms with Crippen molar-refractivity contribution in [2.75, 3.05) is 24.9 Å². The van der Waals surface area contributed by atoms with E-state index in [1.807, 2.05) is 36.4 Å². The Labute approximate surface area is 229 Å². The molecule has 1 atom stereocenters. The lowest BCUT2D eigenvalue weighted by molar-refractivity contribution is -0.115. The number of benzene rings is 4. The van der Waals surface area contributed by atoms with E-state index in [0.717, 1.165) is 10.5 Å². The van der Waals surface area contributed by atoms with Gasteiger partial charge in [-0.25, -0.2) is 4.39 Å². The maximum absolute atomic E-state index is 13.6. The quantitative estimate of drug-likeness (QED) is 0.215. The van der Waals surface area contributed by atoms with Crippen LogP contribution in [0.25, 0.3) is 0 Å². The van der Waals surface area contributed by atoms with E-state index in [4.69, 9.17) is 21.1 Å². The Hall–Kier alpha value is -4.01. The van der Waals surface area contributed by atoms with Crippen LogP contribution in [-0.4, -0.2) is 26.0 Å². The second-order valence-corrected chi connectivity index (χ2v) is 9.66. The molecule has 0 bridgehead atoms. The average molecular weight is 551 g/mol. The zero-order chi connectivity index (χ0) is 27.1. The van der Waals surface area contributed by atoms with Crippen molar-refractivity contribution in [3.8, 4) is 11.5 Å².